The quantitative estimate of drug-likeness (QED) is 0.709. The standard InChI is InChI=1S/C23H31N3O3/c1-23(2,3)29-22(27)26-16-19-12-20(17-26)15-25(14-19)10-4-5-11-28-21-8-6-18(13-24)7-9-21/h4-9,19-20H,10-12,14-17H2,1-3H3. The van der Waals surface area contributed by atoms with Gasteiger partial charge in [0.05, 0.1) is 11.6 Å². The maximum atomic E-state index is 12.4. The number of hydrogen-bond acceptors (Lipinski definition) is 5. The van der Waals surface area contributed by atoms with Gasteiger partial charge in [-0.3, -0.25) is 4.90 Å². The SMILES string of the molecule is CC(C)(C)OC(=O)N1CC2CC(CN(CC=CCOc3ccc(C#N)cc3)C2)C1. The highest BCUT2D eigenvalue weighted by atomic mass is 16.6. The van der Waals surface area contributed by atoms with E-state index in [4.69, 9.17) is 14.7 Å². The third kappa shape index (κ3) is 6.50. The molecular formula is C23H31N3O3. The highest BCUT2D eigenvalue weighted by Crippen LogP contribution is 2.29. The number of carbonyl (C=O) groups is 1. The molecule has 2 heterocycles. The number of benzene rings is 1. The summed E-state index contributed by atoms with van der Waals surface area (Å²) in [5, 5.41) is 8.81. The van der Waals surface area contributed by atoms with Gasteiger partial charge in [0.1, 0.15) is 18.0 Å². The molecule has 6 heteroatoms. The molecule has 1 aromatic rings. The van der Waals surface area contributed by atoms with Crippen LogP contribution in [0.2, 0.25) is 0 Å². The van der Waals surface area contributed by atoms with Gasteiger partial charge in [0.2, 0.25) is 0 Å². The minimum Gasteiger partial charge on any atom is -0.490 e. The summed E-state index contributed by atoms with van der Waals surface area (Å²) in [5.74, 6) is 1.79. The number of fused-ring (bicyclic) bond motifs is 2. The minimum absolute atomic E-state index is 0.180. The summed E-state index contributed by atoms with van der Waals surface area (Å²) in [6.07, 6.45) is 5.20. The molecule has 2 saturated heterocycles. The highest BCUT2D eigenvalue weighted by Gasteiger charge is 2.36. The third-order valence-electron chi connectivity index (χ3n) is 5.17. The fourth-order valence-electron chi connectivity index (χ4n) is 4.07. The first-order valence-electron chi connectivity index (χ1n) is 10.3. The Morgan fingerprint density at radius 3 is 2.38 bits per heavy atom. The van der Waals surface area contributed by atoms with Gasteiger partial charge in [-0.15, -0.1) is 0 Å². The van der Waals surface area contributed by atoms with E-state index in [-0.39, 0.29) is 6.09 Å². The molecule has 0 saturated carbocycles. The minimum atomic E-state index is -0.444. The Hall–Kier alpha value is -2.52. The van der Waals surface area contributed by atoms with Gasteiger partial charge in [-0.1, -0.05) is 12.2 Å². The molecular weight excluding hydrogens is 366 g/mol. The summed E-state index contributed by atoms with van der Waals surface area (Å²) in [7, 11) is 0. The van der Waals surface area contributed by atoms with Crippen LogP contribution >= 0.6 is 0 Å². The second-order valence-corrected chi connectivity index (χ2v) is 8.99. The molecule has 0 aliphatic carbocycles. The first kappa shape index (κ1) is 21.2. The van der Waals surface area contributed by atoms with Gasteiger partial charge in [0.25, 0.3) is 0 Å². The topological polar surface area (TPSA) is 65.8 Å². The zero-order valence-corrected chi connectivity index (χ0v) is 17.6. The lowest BCUT2D eigenvalue weighted by Gasteiger charge is -2.45. The van der Waals surface area contributed by atoms with Crippen LogP contribution in [-0.2, 0) is 4.74 Å². The van der Waals surface area contributed by atoms with Crippen molar-refractivity contribution in [2.24, 2.45) is 11.8 Å². The van der Waals surface area contributed by atoms with Crippen molar-refractivity contribution in [3.05, 3.63) is 42.0 Å². The summed E-state index contributed by atoms with van der Waals surface area (Å²) in [6.45, 7) is 10.7. The fraction of sp³-hybridized carbons (Fsp3) is 0.565. The summed E-state index contributed by atoms with van der Waals surface area (Å²) in [6, 6.07) is 9.24. The van der Waals surface area contributed by atoms with E-state index in [1.807, 2.05) is 43.9 Å². The van der Waals surface area contributed by atoms with Crippen LogP contribution in [0.4, 0.5) is 4.79 Å². The number of amides is 1. The maximum absolute atomic E-state index is 12.4. The van der Waals surface area contributed by atoms with Crippen LogP contribution < -0.4 is 4.74 Å². The molecule has 2 bridgehead atoms. The molecule has 3 rings (SSSR count). The molecule has 2 unspecified atom stereocenters. The highest BCUT2D eigenvalue weighted by molar-refractivity contribution is 5.68. The number of ether oxygens (including phenoxy) is 2. The van der Waals surface area contributed by atoms with E-state index in [2.05, 4.69) is 17.0 Å². The van der Waals surface area contributed by atoms with Gasteiger partial charge in [-0.25, -0.2) is 4.79 Å². The lowest BCUT2D eigenvalue weighted by Crippen LogP contribution is -2.54. The summed E-state index contributed by atoms with van der Waals surface area (Å²) in [5.41, 5.74) is 0.189. The Morgan fingerprint density at radius 1 is 1.14 bits per heavy atom. The number of nitriles is 1. The van der Waals surface area contributed by atoms with E-state index in [0.717, 1.165) is 38.5 Å². The molecule has 0 N–H and O–H groups in total. The first-order valence-corrected chi connectivity index (χ1v) is 10.3. The van der Waals surface area contributed by atoms with Crippen LogP contribution in [0.15, 0.2) is 36.4 Å². The average Bonchev–Trinajstić information content (AvgIpc) is 2.66. The maximum Gasteiger partial charge on any atom is 0.410 e. The van der Waals surface area contributed by atoms with Crippen molar-refractivity contribution in [1.29, 1.82) is 5.26 Å². The number of carbonyl (C=O) groups excluding carboxylic acids is 1. The smallest absolute Gasteiger partial charge is 0.410 e. The second-order valence-electron chi connectivity index (χ2n) is 8.99. The van der Waals surface area contributed by atoms with Gasteiger partial charge in [-0.2, -0.15) is 5.26 Å². The molecule has 29 heavy (non-hydrogen) atoms. The van der Waals surface area contributed by atoms with E-state index in [1.165, 1.54) is 6.42 Å². The van der Waals surface area contributed by atoms with Gasteiger partial charge >= 0.3 is 6.09 Å². The molecule has 6 nitrogen and oxygen atoms in total. The van der Waals surface area contributed by atoms with E-state index >= 15 is 0 Å². The van der Waals surface area contributed by atoms with Crippen LogP contribution in [-0.4, -0.2) is 60.8 Å². The Balaban J connectivity index is 1.40. The zero-order chi connectivity index (χ0) is 20.9. The van der Waals surface area contributed by atoms with E-state index < -0.39 is 5.60 Å². The lowest BCUT2D eigenvalue weighted by atomic mass is 9.85. The van der Waals surface area contributed by atoms with Gasteiger partial charge in [-0.05, 0) is 63.3 Å². The number of piperidine rings is 2. The Morgan fingerprint density at radius 2 is 1.79 bits per heavy atom. The predicted octanol–water partition coefficient (Wildman–Crippen LogP) is 3.68. The summed E-state index contributed by atoms with van der Waals surface area (Å²) < 4.78 is 11.2. The molecule has 2 atom stereocenters. The second kappa shape index (κ2) is 9.32. The number of rotatable bonds is 5. The van der Waals surface area contributed by atoms with E-state index in [1.54, 1.807) is 12.1 Å². The number of likely N-dealkylation sites (tertiary alicyclic amines) is 2. The zero-order valence-electron chi connectivity index (χ0n) is 17.6. The van der Waals surface area contributed by atoms with Crippen LogP contribution in [0.3, 0.4) is 0 Å². The predicted molar refractivity (Wildman–Crippen MR) is 112 cm³/mol. The average molecular weight is 398 g/mol. The van der Waals surface area contributed by atoms with E-state index in [9.17, 15) is 4.79 Å². The van der Waals surface area contributed by atoms with Crippen LogP contribution in [0.1, 0.15) is 32.8 Å². The third-order valence-corrected chi connectivity index (χ3v) is 5.17. The summed E-state index contributed by atoms with van der Waals surface area (Å²) >= 11 is 0. The largest absolute Gasteiger partial charge is 0.490 e. The summed E-state index contributed by atoms with van der Waals surface area (Å²) in [4.78, 5) is 16.7. The van der Waals surface area contributed by atoms with Crippen molar-refractivity contribution < 1.29 is 14.3 Å². The van der Waals surface area contributed by atoms with Crippen molar-refractivity contribution in [1.82, 2.24) is 9.80 Å². The normalized spacial score (nSPS) is 22.3. The van der Waals surface area contributed by atoms with Crippen molar-refractivity contribution in [2.45, 2.75) is 32.8 Å². The fourth-order valence-corrected chi connectivity index (χ4v) is 4.07. The lowest BCUT2D eigenvalue weighted by molar-refractivity contribution is -0.00789. The molecule has 1 aromatic carbocycles. The first-order chi connectivity index (χ1) is 13.8. The van der Waals surface area contributed by atoms with Gasteiger partial charge < -0.3 is 14.4 Å². The molecule has 2 aliphatic rings. The molecule has 1 amide bonds. The van der Waals surface area contributed by atoms with Crippen molar-refractivity contribution in [2.75, 3.05) is 39.3 Å². The van der Waals surface area contributed by atoms with Crippen LogP contribution in [0.25, 0.3) is 0 Å². The Labute approximate surface area is 173 Å². The van der Waals surface area contributed by atoms with Gasteiger partial charge in [0, 0.05) is 32.7 Å². The van der Waals surface area contributed by atoms with Crippen molar-refractivity contribution in [3.63, 3.8) is 0 Å². The van der Waals surface area contributed by atoms with Crippen LogP contribution in [0, 0.1) is 23.2 Å². The molecule has 2 aliphatic heterocycles. The molecule has 0 radical (unpaired) electrons. The number of nitrogens with zero attached hydrogens (tertiary/aromatic N) is 3. The molecule has 0 aromatic heterocycles. The van der Waals surface area contributed by atoms with Gasteiger partial charge in [0.15, 0.2) is 0 Å². The molecule has 156 valence electrons. The Bertz CT molecular complexity index is 747. The number of hydrogen-bond donors (Lipinski definition) is 0. The van der Waals surface area contributed by atoms with Crippen LogP contribution in [0.5, 0.6) is 5.75 Å². The van der Waals surface area contributed by atoms with E-state index in [0.29, 0.717) is 24.0 Å². The van der Waals surface area contributed by atoms with Crippen molar-refractivity contribution in [3.8, 4) is 11.8 Å². The molecule has 2 fully saturated rings. The van der Waals surface area contributed by atoms with Crippen molar-refractivity contribution >= 4 is 6.09 Å². The molecule has 0 spiro atoms. The Kier molecular flexibility index (Phi) is 6.81. The monoisotopic (exact) mass is 397 g/mol.